The topological polar surface area (TPSA) is 84.3 Å². The van der Waals surface area contributed by atoms with Crippen molar-refractivity contribution in [2.45, 2.75) is 31.2 Å². The predicted molar refractivity (Wildman–Crippen MR) is 128 cm³/mol. The Bertz CT molecular complexity index is 1220. The quantitative estimate of drug-likeness (QED) is 0.551. The smallest absolute Gasteiger partial charge is 0.257 e. The fourth-order valence-corrected chi connectivity index (χ4v) is 5.30. The van der Waals surface area contributed by atoms with E-state index in [4.69, 9.17) is 11.6 Å². The summed E-state index contributed by atoms with van der Waals surface area (Å²) in [6.45, 7) is 3.85. The molecule has 3 aromatic rings. The number of rotatable bonds is 7. The summed E-state index contributed by atoms with van der Waals surface area (Å²) >= 11 is 6.22. The van der Waals surface area contributed by atoms with Gasteiger partial charge in [-0.3, -0.25) is 9.48 Å². The Hall–Kier alpha value is -2.68. The lowest BCUT2D eigenvalue weighted by Gasteiger charge is -2.32. The average Bonchev–Trinajstić information content (AvgIpc) is 3.28. The van der Waals surface area contributed by atoms with E-state index in [-0.39, 0.29) is 16.7 Å². The largest absolute Gasteiger partial charge is 0.338 e. The maximum atomic E-state index is 13.0. The molecule has 1 N–H and O–H groups in total. The number of sulfonamides is 1. The Morgan fingerprint density at radius 3 is 2.70 bits per heavy atom. The zero-order valence-electron chi connectivity index (χ0n) is 18.4. The van der Waals surface area contributed by atoms with Crippen LogP contribution in [0.25, 0.3) is 0 Å². The van der Waals surface area contributed by atoms with Crippen LogP contribution in [0.4, 0.5) is 0 Å². The van der Waals surface area contributed by atoms with E-state index in [2.05, 4.69) is 9.82 Å². The number of halogens is 1. The highest BCUT2D eigenvalue weighted by Gasteiger charge is 2.26. The van der Waals surface area contributed by atoms with Crippen LogP contribution >= 0.6 is 11.6 Å². The minimum absolute atomic E-state index is 0.0566. The minimum Gasteiger partial charge on any atom is -0.338 e. The molecule has 2 heterocycles. The number of likely N-dealkylation sites (tertiary alicyclic amines) is 1. The lowest BCUT2D eigenvalue weighted by molar-refractivity contribution is 0.0676. The van der Waals surface area contributed by atoms with Gasteiger partial charge in [-0.05, 0) is 49.4 Å². The molecular formula is C24H27ClN4O3S. The third-order valence-corrected chi connectivity index (χ3v) is 7.68. The van der Waals surface area contributed by atoms with Gasteiger partial charge in [-0.2, -0.15) is 5.10 Å². The fourth-order valence-electron chi connectivity index (χ4n) is 3.99. The number of aryl methyl sites for hydroxylation is 1. The maximum Gasteiger partial charge on any atom is 0.257 e. The first-order valence-corrected chi connectivity index (χ1v) is 12.8. The normalized spacial score (nSPS) is 16.7. The van der Waals surface area contributed by atoms with E-state index in [1.54, 1.807) is 46.2 Å². The molecule has 1 unspecified atom stereocenters. The molecule has 4 rings (SSSR count). The van der Waals surface area contributed by atoms with Gasteiger partial charge in [0.25, 0.3) is 5.91 Å². The number of carbonyl (C=O) groups is 1. The molecule has 1 aromatic heterocycles. The number of amides is 1. The summed E-state index contributed by atoms with van der Waals surface area (Å²) in [4.78, 5) is 15.1. The third-order valence-electron chi connectivity index (χ3n) is 5.87. The summed E-state index contributed by atoms with van der Waals surface area (Å²) in [5, 5.41) is 4.97. The number of carbonyl (C=O) groups excluding carboxylic acids is 1. The molecule has 1 aliphatic rings. The number of hydrogen-bond donors (Lipinski definition) is 1. The zero-order valence-corrected chi connectivity index (χ0v) is 20.0. The van der Waals surface area contributed by atoms with Gasteiger partial charge in [0, 0.05) is 30.9 Å². The maximum absolute atomic E-state index is 13.0. The van der Waals surface area contributed by atoms with Crippen molar-refractivity contribution >= 4 is 27.5 Å². The average molecular weight is 487 g/mol. The van der Waals surface area contributed by atoms with Gasteiger partial charge in [0.2, 0.25) is 10.0 Å². The van der Waals surface area contributed by atoms with Crippen molar-refractivity contribution in [1.29, 1.82) is 0 Å². The Morgan fingerprint density at radius 1 is 1.18 bits per heavy atom. The molecule has 1 atom stereocenters. The van der Waals surface area contributed by atoms with Crippen LogP contribution in [0.3, 0.4) is 0 Å². The molecule has 0 saturated carbocycles. The summed E-state index contributed by atoms with van der Waals surface area (Å²) in [7, 11) is -3.57. The van der Waals surface area contributed by atoms with E-state index in [0.29, 0.717) is 36.8 Å². The van der Waals surface area contributed by atoms with Gasteiger partial charge in [-0.25, -0.2) is 13.1 Å². The number of nitrogens with zero attached hydrogens (tertiary/aromatic N) is 3. The van der Waals surface area contributed by atoms with E-state index in [1.165, 1.54) is 0 Å². The number of aromatic nitrogens is 2. The molecule has 1 amide bonds. The zero-order chi connectivity index (χ0) is 23.4. The van der Waals surface area contributed by atoms with Crippen LogP contribution in [0.15, 0.2) is 65.8 Å². The first-order valence-electron chi connectivity index (χ1n) is 10.9. The SMILES string of the molecule is Cc1ccc(S(=O)(=O)NCC2CCCN(C(=O)c3cnn(Cc4ccccc4Cl)c3)C2)cc1. The van der Waals surface area contributed by atoms with Crippen LogP contribution in [0.1, 0.15) is 34.3 Å². The molecule has 1 aliphatic heterocycles. The minimum atomic E-state index is -3.57. The lowest BCUT2D eigenvalue weighted by atomic mass is 9.98. The third kappa shape index (κ3) is 5.82. The van der Waals surface area contributed by atoms with Gasteiger partial charge in [-0.1, -0.05) is 47.5 Å². The van der Waals surface area contributed by atoms with E-state index in [0.717, 1.165) is 24.0 Å². The van der Waals surface area contributed by atoms with E-state index < -0.39 is 10.0 Å². The first kappa shape index (κ1) is 23.5. The Balaban J connectivity index is 1.35. The summed E-state index contributed by atoms with van der Waals surface area (Å²) in [6, 6.07) is 14.3. The molecule has 7 nitrogen and oxygen atoms in total. The van der Waals surface area contributed by atoms with Crippen molar-refractivity contribution in [2.75, 3.05) is 19.6 Å². The molecule has 0 bridgehead atoms. The molecule has 0 aliphatic carbocycles. The first-order chi connectivity index (χ1) is 15.8. The van der Waals surface area contributed by atoms with Crippen LogP contribution < -0.4 is 4.72 Å². The van der Waals surface area contributed by atoms with Gasteiger partial charge in [0.05, 0.1) is 23.2 Å². The molecule has 0 radical (unpaired) electrons. The van der Waals surface area contributed by atoms with Crippen LogP contribution in [-0.4, -0.2) is 48.6 Å². The summed E-state index contributed by atoms with van der Waals surface area (Å²) in [6.07, 6.45) is 5.00. The lowest BCUT2D eigenvalue weighted by Crippen LogP contribution is -2.43. The van der Waals surface area contributed by atoms with Crippen LogP contribution in [0.2, 0.25) is 5.02 Å². The highest BCUT2D eigenvalue weighted by atomic mass is 35.5. The second-order valence-electron chi connectivity index (χ2n) is 8.44. The van der Waals surface area contributed by atoms with Crippen molar-refractivity contribution in [3.05, 3.63) is 82.6 Å². The molecular weight excluding hydrogens is 460 g/mol. The summed E-state index contributed by atoms with van der Waals surface area (Å²) in [5.41, 5.74) is 2.45. The van der Waals surface area contributed by atoms with E-state index in [9.17, 15) is 13.2 Å². The highest BCUT2D eigenvalue weighted by Crippen LogP contribution is 2.20. The van der Waals surface area contributed by atoms with Crippen molar-refractivity contribution in [3.8, 4) is 0 Å². The van der Waals surface area contributed by atoms with Gasteiger partial charge in [-0.15, -0.1) is 0 Å². The van der Waals surface area contributed by atoms with Crippen molar-refractivity contribution < 1.29 is 13.2 Å². The van der Waals surface area contributed by atoms with Gasteiger partial charge < -0.3 is 4.90 Å². The second-order valence-corrected chi connectivity index (χ2v) is 10.6. The molecule has 1 saturated heterocycles. The predicted octanol–water partition coefficient (Wildman–Crippen LogP) is 3.72. The number of hydrogen-bond acceptors (Lipinski definition) is 4. The molecule has 0 spiro atoms. The molecule has 9 heteroatoms. The summed E-state index contributed by atoms with van der Waals surface area (Å²) in [5.74, 6) is -0.0346. The molecule has 33 heavy (non-hydrogen) atoms. The molecule has 174 valence electrons. The number of benzene rings is 2. The Labute approximate surface area is 199 Å². The van der Waals surface area contributed by atoms with Crippen molar-refractivity contribution in [3.63, 3.8) is 0 Å². The second kappa shape index (κ2) is 10.1. The van der Waals surface area contributed by atoms with Crippen LogP contribution in [0, 0.1) is 12.8 Å². The van der Waals surface area contributed by atoms with Gasteiger partial charge >= 0.3 is 0 Å². The monoisotopic (exact) mass is 486 g/mol. The van der Waals surface area contributed by atoms with Gasteiger partial charge in [0.1, 0.15) is 0 Å². The Morgan fingerprint density at radius 2 is 1.94 bits per heavy atom. The van der Waals surface area contributed by atoms with Crippen LogP contribution in [-0.2, 0) is 16.6 Å². The number of nitrogens with one attached hydrogen (secondary N) is 1. The number of piperidine rings is 1. The van der Waals surface area contributed by atoms with Crippen molar-refractivity contribution in [1.82, 2.24) is 19.4 Å². The van der Waals surface area contributed by atoms with E-state index >= 15 is 0 Å². The summed E-state index contributed by atoms with van der Waals surface area (Å²) < 4.78 is 29.6. The Kier molecular flexibility index (Phi) is 7.17. The standard InChI is InChI=1S/C24H27ClN4O3S/c1-18-8-10-22(11-9-18)33(31,32)27-13-19-5-4-12-28(15-19)24(30)21-14-26-29(17-21)16-20-6-2-3-7-23(20)25/h2-3,6-11,14,17,19,27H,4-5,12-13,15-16H2,1H3. The fraction of sp³-hybridized carbons (Fsp3) is 0.333. The van der Waals surface area contributed by atoms with Crippen LogP contribution in [0.5, 0.6) is 0 Å². The van der Waals surface area contributed by atoms with Crippen molar-refractivity contribution in [2.24, 2.45) is 5.92 Å². The highest BCUT2D eigenvalue weighted by molar-refractivity contribution is 7.89. The molecule has 2 aromatic carbocycles. The van der Waals surface area contributed by atoms with Gasteiger partial charge in [0.15, 0.2) is 0 Å². The van der Waals surface area contributed by atoms with E-state index in [1.807, 2.05) is 31.2 Å². The molecule has 1 fully saturated rings.